The van der Waals surface area contributed by atoms with E-state index in [9.17, 15) is 13.2 Å². The minimum absolute atomic E-state index is 0.0894. The van der Waals surface area contributed by atoms with Crippen molar-refractivity contribution in [2.75, 3.05) is 18.6 Å². The van der Waals surface area contributed by atoms with Crippen LogP contribution >= 0.6 is 11.6 Å². The first-order valence-corrected chi connectivity index (χ1v) is 9.51. The molecule has 0 spiro atoms. The first-order valence-electron chi connectivity index (χ1n) is 7.64. The molecule has 6 nitrogen and oxygen atoms in total. The predicted octanol–water partition coefficient (Wildman–Crippen LogP) is 2.43. The van der Waals surface area contributed by atoms with E-state index in [4.69, 9.17) is 16.3 Å². The lowest BCUT2D eigenvalue weighted by molar-refractivity contribution is -0.118. The van der Waals surface area contributed by atoms with Gasteiger partial charge in [-0.2, -0.15) is 4.72 Å². The third-order valence-electron chi connectivity index (χ3n) is 3.99. The molecular weight excluding hydrogens is 364 g/mol. The average Bonchev–Trinajstić information content (AvgIpc) is 2.96. The number of benzene rings is 2. The highest BCUT2D eigenvalue weighted by atomic mass is 35.5. The molecule has 25 heavy (non-hydrogen) atoms. The van der Waals surface area contributed by atoms with Gasteiger partial charge in [0.1, 0.15) is 16.7 Å². The number of carbonyl (C=O) groups excluding carboxylic acids is 1. The van der Waals surface area contributed by atoms with E-state index in [1.807, 2.05) is 30.3 Å². The number of rotatable bonds is 5. The van der Waals surface area contributed by atoms with Gasteiger partial charge in [0, 0.05) is 17.3 Å². The Morgan fingerprint density at radius 2 is 1.92 bits per heavy atom. The summed E-state index contributed by atoms with van der Waals surface area (Å²) < 4.78 is 32.9. The van der Waals surface area contributed by atoms with Crippen LogP contribution in [-0.4, -0.2) is 34.0 Å². The first-order chi connectivity index (χ1) is 11.9. The van der Waals surface area contributed by atoms with E-state index < -0.39 is 16.1 Å². The number of nitrogens with one attached hydrogen (secondary N) is 1. The Bertz CT molecular complexity index is 887. The molecule has 2 aromatic carbocycles. The summed E-state index contributed by atoms with van der Waals surface area (Å²) >= 11 is 5.91. The third kappa shape index (κ3) is 3.63. The van der Waals surface area contributed by atoms with Crippen LogP contribution in [0.25, 0.3) is 0 Å². The summed E-state index contributed by atoms with van der Waals surface area (Å²) in [6, 6.07) is 12.6. The van der Waals surface area contributed by atoms with Crippen LogP contribution in [0.15, 0.2) is 53.4 Å². The van der Waals surface area contributed by atoms with Crippen molar-refractivity contribution >= 4 is 33.2 Å². The summed E-state index contributed by atoms with van der Waals surface area (Å²) in [5.74, 6) is -0.113. The molecule has 8 heteroatoms. The van der Waals surface area contributed by atoms with E-state index in [1.165, 1.54) is 25.3 Å². The van der Waals surface area contributed by atoms with Gasteiger partial charge in [-0.1, -0.05) is 29.8 Å². The first kappa shape index (κ1) is 17.7. The fourth-order valence-electron chi connectivity index (χ4n) is 2.76. The van der Waals surface area contributed by atoms with Crippen LogP contribution in [0.4, 0.5) is 5.69 Å². The van der Waals surface area contributed by atoms with Gasteiger partial charge in [0.25, 0.3) is 0 Å². The molecule has 1 aliphatic rings. The Balaban J connectivity index is 1.83. The van der Waals surface area contributed by atoms with Crippen molar-refractivity contribution in [1.82, 2.24) is 4.72 Å². The summed E-state index contributed by atoms with van der Waals surface area (Å²) in [5, 5.41) is 0.268. The minimum Gasteiger partial charge on any atom is -0.495 e. The topological polar surface area (TPSA) is 75.7 Å². The molecule has 1 aliphatic heterocycles. The Labute approximate surface area is 151 Å². The molecule has 1 N–H and O–H groups in total. The Morgan fingerprint density at radius 3 is 2.60 bits per heavy atom. The van der Waals surface area contributed by atoms with Crippen molar-refractivity contribution in [3.63, 3.8) is 0 Å². The second kappa shape index (κ2) is 7.03. The van der Waals surface area contributed by atoms with E-state index in [1.54, 1.807) is 4.90 Å². The summed E-state index contributed by atoms with van der Waals surface area (Å²) in [4.78, 5) is 14.1. The van der Waals surface area contributed by atoms with Crippen LogP contribution in [-0.2, 0) is 14.8 Å². The maximum atomic E-state index is 12.7. The Kier molecular flexibility index (Phi) is 4.99. The van der Waals surface area contributed by atoms with Crippen LogP contribution in [0.1, 0.15) is 6.42 Å². The van der Waals surface area contributed by atoms with E-state index >= 15 is 0 Å². The largest absolute Gasteiger partial charge is 0.495 e. The molecule has 3 rings (SSSR count). The number of para-hydroxylation sites is 1. The van der Waals surface area contributed by atoms with E-state index in [0.717, 1.165) is 5.69 Å². The number of hydrogen-bond acceptors (Lipinski definition) is 4. The molecule has 0 aromatic heterocycles. The fraction of sp³-hybridized carbons (Fsp3) is 0.235. The van der Waals surface area contributed by atoms with Crippen LogP contribution in [0.5, 0.6) is 5.75 Å². The second-order valence-electron chi connectivity index (χ2n) is 5.58. The number of nitrogens with zero attached hydrogens (tertiary/aromatic N) is 1. The summed E-state index contributed by atoms with van der Waals surface area (Å²) in [5.41, 5.74) is 0.745. The quantitative estimate of drug-likeness (QED) is 0.864. The van der Waals surface area contributed by atoms with Gasteiger partial charge in [0.05, 0.1) is 7.11 Å². The molecule has 0 bridgehead atoms. The van der Waals surface area contributed by atoms with Gasteiger partial charge in [-0.15, -0.1) is 0 Å². The van der Waals surface area contributed by atoms with E-state index in [-0.39, 0.29) is 21.6 Å². The molecule has 2 aromatic rings. The zero-order valence-electron chi connectivity index (χ0n) is 13.5. The third-order valence-corrected chi connectivity index (χ3v) is 5.71. The van der Waals surface area contributed by atoms with Crippen molar-refractivity contribution in [2.45, 2.75) is 17.4 Å². The molecule has 0 saturated carbocycles. The van der Waals surface area contributed by atoms with Gasteiger partial charge in [-0.3, -0.25) is 4.79 Å². The number of sulfonamides is 1. The highest BCUT2D eigenvalue weighted by Gasteiger charge is 2.36. The number of halogens is 1. The molecule has 1 fully saturated rings. The lowest BCUT2D eigenvalue weighted by atomic mass is 10.3. The van der Waals surface area contributed by atoms with Gasteiger partial charge in [0.2, 0.25) is 15.9 Å². The molecule has 1 atom stereocenters. The smallest absolute Gasteiger partial charge is 0.245 e. The lowest BCUT2D eigenvalue weighted by Gasteiger charge is -2.17. The molecule has 1 saturated heterocycles. The summed E-state index contributed by atoms with van der Waals surface area (Å²) in [7, 11) is -2.58. The van der Waals surface area contributed by atoms with Crippen molar-refractivity contribution in [2.24, 2.45) is 0 Å². The van der Waals surface area contributed by atoms with Crippen molar-refractivity contribution < 1.29 is 17.9 Å². The maximum absolute atomic E-state index is 12.7. The average molecular weight is 381 g/mol. The summed E-state index contributed by atoms with van der Waals surface area (Å²) in [6.07, 6.45) is 0.385. The standard InChI is InChI=1S/C17H17ClN2O4S/c1-24-15-8-7-12(18)11-16(15)25(22,23)19-14-9-10-20(17(14)21)13-5-3-2-4-6-13/h2-8,11,14,19H,9-10H2,1H3. The summed E-state index contributed by atoms with van der Waals surface area (Å²) in [6.45, 7) is 0.447. The maximum Gasteiger partial charge on any atom is 0.245 e. The molecule has 1 amide bonds. The lowest BCUT2D eigenvalue weighted by Crippen LogP contribution is -2.41. The van der Waals surface area contributed by atoms with Crippen LogP contribution in [0, 0.1) is 0 Å². The molecule has 0 radical (unpaired) electrons. The Hall–Kier alpha value is -2.09. The van der Waals surface area contributed by atoms with E-state index in [2.05, 4.69) is 4.72 Å². The number of hydrogen-bond donors (Lipinski definition) is 1. The number of amides is 1. The van der Waals surface area contributed by atoms with Crippen molar-refractivity contribution in [3.8, 4) is 5.75 Å². The normalized spacial score (nSPS) is 17.8. The van der Waals surface area contributed by atoms with Crippen LogP contribution in [0.3, 0.4) is 0 Å². The van der Waals surface area contributed by atoms with Gasteiger partial charge < -0.3 is 9.64 Å². The number of ether oxygens (including phenoxy) is 1. The molecule has 1 unspecified atom stereocenters. The van der Waals surface area contributed by atoms with Crippen LogP contribution in [0.2, 0.25) is 5.02 Å². The van der Waals surface area contributed by atoms with Gasteiger partial charge >= 0.3 is 0 Å². The highest BCUT2D eigenvalue weighted by molar-refractivity contribution is 7.89. The molecule has 1 heterocycles. The Morgan fingerprint density at radius 1 is 1.20 bits per heavy atom. The number of anilines is 1. The van der Waals surface area contributed by atoms with E-state index in [0.29, 0.717) is 13.0 Å². The van der Waals surface area contributed by atoms with Crippen LogP contribution < -0.4 is 14.4 Å². The highest BCUT2D eigenvalue weighted by Crippen LogP contribution is 2.28. The second-order valence-corrected chi connectivity index (χ2v) is 7.70. The monoisotopic (exact) mass is 380 g/mol. The van der Waals surface area contributed by atoms with Crippen molar-refractivity contribution in [1.29, 1.82) is 0 Å². The van der Waals surface area contributed by atoms with Gasteiger partial charge in [-0.05, 0) is 36.8 Å². The SMILES string of the molecule is COc1ccc(Cl)cc1S(=O)(=O)NC1CCN(c2ccccc2)C1=O. The van der Waals surface area contributed by atoms with Crippen molar-refractivity contribution in [3.05, 3.63) is 53.6 Å². The number of carbonyl (C=O) groups is 1. The molecule has 0 aliphatic carbocycles. The zero-order chi connectivity index (χ0) is 18.0. The predicted molar refractivity (Wildman–Crippen MR) is 95.5 cm³/mol. The minimum atomic E-state index is -3.95. The molecular formula is C17H17ClN2O4S. The fourth-order valence-corrected chi connectivity index (χ4v) is 4.42. The molecule has 132 valence electrons. The van der Waals surface area contributed by atoms with Gasteiger partial charge in [0.15, 0.2) is 0 Å². The zero-order valence-corrected chi connectivity index (χ0v) is 15.0. The van der Waals surface area contributed by atoms with Gasteiger partial charge in [-0.25, -0.2) is 8.42 Å². The number of methoxy groups -OCH3 is 1.